The fraction of sp³-hybridized carbons (Fsp3) is 0.583. The number of hydrogen-bond acceptors (Lipinski definition) is 13. The number of alkyl halides is 2. The van der Waals surface area contributed by atoms with E-state index >= 15 is 0 Å². The number of aliphatic hydroxyl groups excluding tert-OH is 1. The molecule has 9 rings (SSSR count). The largest absolute Gasteiger partial charge is 0.404 e. The molecular weight excluding hydrogens is 849 g/mol. The Balaban J connectivity index is 0.825. The molecule has 0 spiro atoms. The van der Waals surface area contributed by atoms with Gasteiger partial charge in [0, 0.05) is 139 Å². The highest BCUT2D eigenvalue weighted by Crippen LogP contribution is 2.48. The monoisotopic (exact) mass is 911 g/mol. The maximum absolute atomic E-state index is 14.9. The van der Waals surface area contributed by atoms with Crippen LogP contribution in [-0.4, -0.2) is 166 Å². The van der Waals surface area contributed by atoms with Crippen molar-refractivity contribution >= 4 is 35.7 Å². The van der Waals surface area contributed by atoms with Gasteiger partial charge in [-0.1, -0.05) is 31.2 Å². The van der Waals surface area contributed by atoms with Gasteiger partial charge in [-0.15, -0.1) is 0 Å². The molecule has 18 heteroatoms. The van der Waals surface area contributed by atoms with Crippen molar-refractivity contribution < 1.29 is 33.1 Å². The number of carbonyl (C=O) groups is 4. The molecule has 6 aliphatic heterocycles. The minimum absolute atomic E-state index is 0.0396. The summed E-state index contributed by atoms with van der Waals surface area (Å²) in [5.41, 5.74) is 10.1. The number of nitrogens with two attached hydrogens (primary N) is 1. The number of amides is 4. The standard InChI is InChI=1S/C48H63F2N11O5/c1-30(62)58-17-12-38-37(29-58)44(59-14-5-13-48(2)25-36(32(26-51)27-52-3)35(43(49)50)24-40(48)59)54-61(38)33-10-15-55(16-11-33)18-19-56-20-22-57(23-21-56)28-31-6-4-7-34-42(31)47(66)60(46(34)65)39-8-9-41(63)53-45(39)64/h4,6-7,24-27,30,33,39-40,43,62H,5,8-23,28-29,51H2,1-3H3,(H,53,63,64)/b32-26+,52-27?/t30?,39-,40?,48?/m1/s1. The van der Waals surface area contributed by atoms with Crippen LogP contribution in [0.5, 0.6) is 0 Å². The summed E-state index contributed by atoms with van der Waals surface area (Å²) in [6.07, 6.45) is 7.86. The summed E-state index contributed by atoms with van der Waals surface area (Å²) < 4.78 is 32.0. The maximum Gasteiger partial charge on any atom is 0.264 e. The van der Waals surface area contributed by atoms with E-state index in [0.717, 1.165) is 106 Å². The summed E-state index contributed by atoms with van der Waals surface area (Å²) in [7, 11) is 1.61. The topological polar surface area (TPSA) is 176 Å². The lowest BCUT2D eigenvalue weighted by molar-refractivity contribution is -0.136. The highest BCUT2D eigenvalue weighted by atomic mass is 19.3. The number of allylic oxidation sites excluding steroid dienone is 3. The molecule has 0 bridgehead atoms. The van der Waals surface area contributed by atoms with E-state index in [0.29, 0.717) is 48.5 Å². The van der Waals surface area contributed by atoms with Crippen LogP contribution >= 0.6 is 0 Å². The molecule has 4 N–H and O–H groups in total. The quantitative estimate of drug-likeness (QED) is 0.210. The second kappa shape index (κ2) is 18.9. The van der Waals surface area contributed by atoms with Gasteiger partial charge in [-0.2, -0.15) is 5.10 Å². The van der Waals surface area contributed by atoms with Crippen molar-refractivity contribution in [3.05, 3.63) is 81.2 Å². The fourth-order valence-electron chi connectivity index (χ4n) is 11.5. The first-order valence-electron chi connectivity index (χ1n) is 23.7. The Labute approximate surface area is 384 Å². The average molecular weight is 912 g/mol. The number of anilines is 1. The molecule has 66 heavy (non-hydrogen) atoms. The Bertz CT molecular complexity index is 2360. The number of imide groups is 2. The van der Waals surface area contributed by atoms with Gasteiger partial charge in [0.25, 0.3) is 18.2 Å². The van der Waals surface area contributed by atoms with E-state index in [1.54, 1.807) is 38.4 Å². The molecule has 16 nitrogen and oxygen atoms in total. The number of aliphatic hydroxyl groups is 1. The Morgan fingerprint density at radius 1 is 0.985 bits per heavy atom. The summed E-state index contributed by atoms with van der Waals surface area (Å²) in [4.78, 5) is 68.1. The molecule has 4 amide bonds. The summed E-state index contributed by atoms with van der Waals surface area (Å²) in [6.45, 7) is 13.6. The van der Waals surface area contributed by atoms with Crippen LogP contribution in [0.4, 0.5) is 14.6 Å². The van der Waals surface area contributed by atoms with E-state index in [-0.39, 0.29) is 30.5 Å². The third-order valence-corrected chi connectivity index (χ3v) is 15.2. The number of halogens is 2. The number of carbonyl (C=O) groups excluding carboxylic acids is 4. The highest BCUT2D eigenvalue weighted by molar-refractivity contribution is 6.24. The van der Waals surface area contributed by atoms with E-state index in [9.17, 15) is 33.1 Å². The molecule has 4 atom stereocenters. The summed E-state index contributed by atoms with van der Waals surface area (Å²) in [5.74, 6) is -1.13. The molecule has 1 aliphatic carbocycles. The van der Waals surface area contributed by atoms with Gasteiger partial charge in [-0.25, -0.2) is 8.78 Å². The zero-order valence-corrected chi connectivity index (χ0v) is 38.3. The minimum atomic E-state index is -2.69. The molecule has 0 radical (unpaired) electrons. The Morgan fingerprint density at radius 3 is 2.39 bits per heavy atom. The lowest BCUT2D eigenvalue weighted by Crippen LogP contribution is -2.54. The minimum Gasteiger partial charge on any atom is -0.404 e. The molecule has 1 aromatic carbocycles. The lowest BCUT2D eigenvalue weighted by Gasteiger charge is -2.49. The van der Waals surface area contributed by atoms with Crippen molar-refractivity contribution in [2.45, 2.75) is 103 Å². The van der Waals surface area contributed by atoms with Crippen LogP contribution in [0.3, 0.4) is 0 Å². The van der Waals surface area contributed by atoms with Crippen molar-refractivity contribution in [1.82, 2.24) is 39.6 Å². The van der Waals surface area contributed by atoms with Gasteiger partial charge in [-0.3, -0.25) is 53.8 Å². The van der Waals surface area contributed by atoms with Gasteiger partial charge in [-0.05, 0) is 56.2 Å². The molecule has 2 aromatic rings. The first kappa shape index (κ1) is 46.0. The lowest BCUT2D eigenvalue weighted by atomic mass is 9.68. The number of hydrogen-bond donors (Lipinski definition) is 3. The van der Waals surface area contributed by atoms with Crippen LogP contribution in [0.2, 0.25) is 0 Å². The molecular formula is C48H63F2N11O5. The SMILES string of the molecule is CN=C/C(=C\N)C1=CC2(C)CCCN(c3nn(C4CCN(CCN5CCN(Cc6cccc7c6C(=O)N([C@@H]6CCC(=O)NC6=O)C7=O)CC5)CC4)c4c3CN(C(C)O)CC4)C2C=C1C(F)F. The number of aromatic nitrogens is 2. The van der Waals surface area contributed by atoms with Gasteiger partial charge >= 0.3 is 0 Å². The maximum atomic E-state index is 14.9. The molecule has 4 fully saturated rings. The Kier molecular flexibility index (Phi) is 13.1. The predicted octanol–water partition coefficient (Wildman–Crippen LogP) is 3.09. The molecule has 3 unspecified atom stereocenters. The van der Waals surface area contributed by atoms with Crippen LogP contribution in [0.15, 0.2) is 58.3 Å². The highest BCUT2D eigenvalue weighted by Gasteiger charge is 2.47. The smallest absolute Gasteiger partial charge is 0.264 e. The van der Waals surface area contributed by atoms with Crippen molar-refractivity contribution in [2.24, 2.45) is 16.1 Å². The number of rotatable bonds is 12. The van der Waals surface area contributed by atoms with E-state index < -0.39 is 47.7 Å². The normalized spacial score (nSPS) is 27.0. The van der Waals surface area contributed by atoms with Crippen LogP contribution in [0.25, 0.3) is 0 Å². The van der Waals surface area contributed by atoms with Gasteiger partial charge in [0.1, 0.15) is 12.3 Å². The Hall–Kier alpha value is -5.14. The predicted molar refractivity (Wildman–Crippen MR) is 245 cm³/mol. The van der Waals surface area contributed by atoms with Crippen LogP contribution in [0.1, 0.15) is 96.0 Å². The van der Waals surface area contributed by atoms with Crippen molar-refractivity contribution in [3.8, 4) is 0 Å². The van der Waals surface area contributed by atoms with Crippen molar-refractivity contribution in [2.75, 3.05) is 77.4 Å². The van der Waals surface area contributed by atoms with Gasteiger partial charge in [0.2, 0.25) is 11.8 Å². The molecule has 0 saturated carbocycles. The zero-order chi connectivity index (χ0) is 46.4. The summed E-state index contributed by atoms with van der Waals surface area (Å²) in [6, 6.07) is 4.19. The second-order valence-corrected chi connectivity index (χ2v) is 19.3. The third-order valence-electron chi connectivity index (χ3n) is 15.2. The number of benzene rings is 1. The van der Waals surface area contributed by atoms with Gasteiger partial charge in [0.05, 0.1) is 23.2 Å². The van der Waals surface area contributed by atoms with Crippen molar-refractivity contribution in [3.63, 3.8) is 0 Å². The van der Waals surface area contributed by atoms with Crippen LogP contribution < -0.4 is 16.0 Å². The first-order valence-corrected chi connectivity index (χ1v) is 23.7. The van der Waals surface area contributed by atoms with E-state index in [4.69, 9.17) is 10.8 Å². The molecule has 1 aromatic heterocycles. The molecule has 7 heterocycles. The summed E-state index contributed by atoms with van der Waals surface area (Å²) >= 11 is 0. The third kappa shape index (κ3) is 8.66. The fourth-order valence-corrected chi connectivity index (χ4v) is 11.5. The van der Waals surface area contributed by atoms with Crippen LogP contribution in [0, 0.1) is 5.41 Å². The number of nitrogens with zero attached hydrogens (tertiary/aromatic N) is 9. The molecule has 354 valence electrons. The van der Waals surface area contributed by atoms with Crippen molar-refractivity contribution in [1.29, 1.82) is 0 Å². The van der Waals surface area contributed by atoms with E-state index in [2.05, 4.69) is 46.4 Å². The van der Waals surface area contributed by atoms with Gasteiger partial charge in [0.15, 0.2) is 5.82 Å². The average Bonchev–Trinajstić information content (AvgIpc) is 3.81. The van der Waals surface area contributed by atoms with Crippen LogP contribution in [-0.2, 0) is 29.1 Å². The number of fused-ring (bicyclic) bond motifs is 3. The number of nitrogens with one attached hydrogen (secondary N) is 1. The molecule has 7 aliphatic rings. The van der Waals surface area contributed by atoms with Gasteiger partial charge < -0.3 is 20.6 Å². The zero-order valence-electron chi connectivity index (χ0n) is 38.3. The van der Waals surface area contributed by atoms with E-state index in [1.165, 1.54) is 11.9 Å². The summed E-state index contributed by atoms with van der Waals surface area (Å²) in [5, 5.41) is 18.4. The number of likely N-dealkylation sites (tertiary alicyclic amines) is 1. The van der Waals surface area contributed by atoms with E-state index in [1.807, 2.05) is 12.1 Å². The number of aliphatic imine (C=N–C) groups is 1. The first-order chi connectivity index (χ1) is 31.8. The molecule has 4 saturated heterocycles. The Morgan fingerprint density at radius 2 is 1.71 bits per heavy atom. The number of piperidine rings is 3. The number of piperazine rings is 1. The second-order valence-electron chi connectivity index (χ2n) is 19.3.